The molecule has 0 saturated carbocycles. The molecule has 5 N–H and O–H groups in total. The second-order valence-corrected chi connectivity index (χ2v) is 2.87. The standard InChI is InChI=1S/C8H17N3O3/c1-6(9)11-3-5-14-4-2-7(10)8(12)13/h7H,2-5,10H2,1H3,(H2,9,11)(H,12,13)/t7-/m0/s1. The summed E-state index contributed by atoms with van der Waals surface area (Å²) < 4.78 is 5.10. The first kappa shape index (κ1) is 12.9. The highest BCUT2D eigenvalue weighted by Gasteiger charge is 2.09. The Bertz CT molecular complexity index is 202. The van der Waals surface area contributed by atoms with Crippen LogP contribution < -0.4 is 11.5 Å². The minimum atomic E-state index is -1.01. The lowest BCUT2D eigenvalue weighted by Gasteiger charge is -2.05. The number of hydrogen-bond acceptors (Lipinski definition) is 4. The molecule has 1 atom stereocenters. The van der Waals surface area contributed by atoms with Gasteiger partial charge in [0.25, 0.3) is 0 Å². The number of carbonyl (C=O) groups is 1. The van der Waals surface area contributed by atoms with Crippen LogP contribution in [0.5, 0.6) is 0 Å². The van der Waals surface area contributed by atoms with E-state index < -0.39 is 12.0 Å². The lowest BCUT2D eigenvalue weighted by molar-refractivity contribution is -0.139. The predicted molar refractivity (Wildman–Crippen MR) is 53.2 cm³/mol. The third kappa shape index (κ3) is 7.51. The topological polar surface area (TPSA) is 111 Å². The Morgan fingerprint density at radius 2 is 2.21 bits per heavy atom. The summed E-state index contributed by atoms with van der Waals surface area (Å²) in [4.78, 5) is 14.2. The number of aliphatic imine (C=N–C) groups is 1. The fourth-order valence-electron chi connectivity index (χ4n) is 0.722. The lowest BCUT2D eigenvalue weighted by Crippen LogP contribution is -2.31. The van der Waals surface area contributed by atoms with Crippen LogP contribution in [0.25, 0.3) is 0 Å². The van der Waals surface area contributed by atoms with E-state index in [-0.39, 0.29) is 0 Å². The van der Waals surface area contributed by atoms with Gasteiger partial charge in [0.15, 0.2) is 0 Å². The van der Waals surface area contributed by atoms with Gasteiger partial charge in [0.1, 0.15) is 6.04 Å². The molecule has 0 fully saturated rings. The third-order valence-corrected chi connectivity index (χ3v) is 1.49. The van der Waals surface area contributed by atoms with Gasteiger partial charge in [-0.25, -0.2) is 0 Å². The molecule has 0 aromatic rings. The number of rotatable bonds is 7. The molecule has 0 saturated heterocycles. The second kappa shape index (κ2) is 7.28. The largest absolute Gasteiger partial charge is 0.480 e. The average molecular weight is 203 g/mol. The highest BCUT2D eigenvalue weighted by Crippen LogP contribution is 1.89. The van der Waals surface area contributed by atoms with Crippen molar-refractivity contribution in [2.24, 2.45) is 16.5 Å². The zero-order chi connectivity index (χ0) is 11.0. The molecule has 0 radical (unpaired) electrons. The van der Waals surface area contributed by atoms with Crippen LogP contribution in [0.1, 0.15) is 13.3 Å². The summed E-state index contributed by atoms with van der Waals surface area (Å²) in [5, 5.41) is 8.44. The van der Waals surface area contributed by atoms with Gasteiger partial charge in [-0.05, 0) is 13.3 Å². The molecular formula is C8H17N3O3. The third-order valence-electron chi connectivity index (χ3n) is 1.49. The van der Waals surface area contributed by atoms with E-state index in [1.165, 1.54) is 0 Å². The molecule has 6 nitrogen and oxygen atoms in total. The van der Waals surface area contributed by atoms with E-state index in [4.69, 9.17) is 21.3 Å². The van der Waals surface area contributed by atoms with Crippen molar-refractivity contribution in [2.75, 3.05) is 19.8 Å². The van der Waals surface area contributed by atoms with Crippen molar-refractivity contribution >= 4 is 11.8 Å². The van der Waals surface area contributed by atoms with Gasteiger partial charge in [0.2, 0.25) is 0 Å². The van der Waals surface area contributed by atoms with E-state index in [0.717, 1.165) is 0 Å². The van der Waals surface area contributed by atoms with Crippen molar-refractivity contribution in [3.05, 3.63) is 0 Å². The number of nitrogens with zero attached hydrogens (tertiary/aromatic N) is 1. The number of ether oxygens (including phenoxy) is 1. The summed E-state index contributed by atoms with van der Waals surface area (Å²) in [6.45, 7) is 2.94. The molecular weight excluding hydrogens is 186 g/mol. The van der Waals surface area contributed by atoms with Crippen LogP contribution in [-0.2, 0) is 9.53 Å². The highest BCUT2D eigenvalue weighted by molar-refractivity contribution is 5.77. The summed E-state index contributed by atoms with van der Waals surface area (Å²) in [6, 6.07) is -0.852. The predicted octanol–water partition coefficient (Wildman–Crippen LogP) is -0.818. The van der Waals surface area contributed by atoms with E-state index in [1.54, 1.807) is 6.92 Å². The fraction of sp³-hybridized carbons (Fsp3) is 0.750. The van der Waals surface area contributed by atoms with Crippen LogP contribution in [0.2, 0.25) is 0 Å². The van der Waals surface area contributed by atoms with E-state index in [0.29, 0.717) is 32.0 Å². The minimum absolute atomic E-state index is 0.306. The van der Waals surface area contributed by atoms with Crippen molar-refractivity contribution in [2.45, 2.75) is 19.4 Å². The molecule has 0 aliphatic carbocycles. The van der Waals surface area contributed by atoms with Crippen LogP contribution in [-0.4, -0.2) is 42.7 Å². The van der Waals surface area contributed by atoms with E-state index in [9.17, 15) is 4.79 Å². The van der Waals surface area contributed by atoms with Gasteiger partial charge >= 0.3 is 5.97 Å². The van der Waals surface area contributed by atoms with Crippen molar-refractivity contribution in [1.82, 2.24) is 0 Å². The van der Waals surface area contributed by atoms with Gasteiger partial charge in [-0.1, -0.05) is 0 Å². The number of aliphatic carboxylic acids is 1. The van der Waals surface area contributed by atoms with Gasteiger partial charge in [-0.2, -0.15) is 0 Å². The number of carboxylic acid groups (broad SMARTS) is 1. The summed E-state index contributed by atoms with van der Waals surface area (Å²) in [7, 11) is 0. The molecule has 0 aromatic heterocycles. The van der Waals surface area contributed by atoms with Gasteiger partial charge < -0.3 is 21.3 Å². The normalized spacial score (nSPS) is 14.0. The molecule has 6 heteroatoms. The van der Waals surface area contributed by atoms with Crippen LogP contribution in [0.3, 0.4) is 0 Å². The summed E-state index contributed by atoms with van der Waals surface area (Å²) >= 11 is 0. The van der Waals surface area contributed by atoms with Crippen molar-refractivity contribution in [1.29, 1.82) is 0 Å². The van der Waals surface area contributed by atoms with E-state index in [2.05, 4.69) is 4.99 Å². The molecule has 0 heterocycles. The van der Waals surface area contributed by atoms with Crippen LogP contribution in [0, 0.1) is 0 Å². The molecule has 0 spiro atoms. The van der Waals surface area contributed by atoms with Crippen molar-refractivity contribution in [3.63, 3.8) is 0 Å². The summed E-state index contributed by atoms with van der Waals surface area (Å²) in [6.07, 6.45) is 0.306. The maximum atomic E-state index is 10.3. The smallest absolute Gasteiger partial charge is 0.320 e. The van der Waals surface area contributed by atoms with Crippen molar-refractivity contribution in [3.8, 4) is 0 Å². The van der Waals surface area contributed by atoms with Gasteiger partial charge in [0, 0.05) is 6.61 Å². The molecule has 0 rings (SSSR count). The van der Waals surface area contributed by atoms with Crippen LogP contribution in [0.4, 0.5) is 0 Å². The molecule has 82 valence electrons. The molecule has 0 aliphatic rings. The number of amidine groups is 1. The second-order valence-electron chi connectivity index (χ2n) is 2.87. The van der Waals surface area contributed by atoms with Crippen LogP contribution in [0.15, 0.2) is 4.99 Å². The highest BCUT2D eigenvalue weighted by atomic mass is 16.5. The number of hydrogen-bond donors (Lipinski definition) is 3. The van der Waals surface area contributed by atoms with Crippen molar-refractivity contribution < 1.29 is 14.6 Å². The summed E-state index contributed by atoms with van der Waals surface area (Å²) in [5.74, 6) is -0.500. The molecule has 0 aliphatic heterocycles. The Balaban J connectivity index is 3.30. The number of carboxylic acids is 1. The first-order valence-electron chi connectivity index (χ1n) is 4.36. The minimum Gasteiger partial charge on any atom is -0.480 e. The Morgan fingerprint density at radius 1 is 1.57 bits per heavy atom. The van der Waals surface area contributed by atoms with Gasteiger partial charge in [-0.3, -0.25) is 9.79 Å². The number of nitrogens with two attached hydrogens (primary N) is 2. The Labute approximate surface area is 82.9 Å². The van der Waals surface area contributed by atoms with Gasteiger partial charge in [0.05, 0.1) is 19.0 Å². The molecule has 0 amide bonds. The Morgan fingerprint density at radius 3 is 2.71 bits per heavy atom. The molecule has 0 unspecified atom stereocenters. The fourth-order valence-corrected chi connectivity index (χ4v) is 0.722. The monoisotopic (exact) mass is 203 g/mol. The Kier molecular flexibility index (Phi) is 6.69. The first-order valence-corrected chi connectivity index (χ1v) is 4.36. The maximum absolute atomic E-state index is 10.3. The SMILES string of the molecule is CC(N)=NCCOCC[C@H](N)C(=O)O. The maximum Gasteiger partial charge on any atom is 0.320 e. The summed E-state index contributed by atoms with van der Waals surface area (Å²) in [5.41, 5.74) is 10.5. The lowest BCUT2D eigenvalue weighted by atomic mass is 10.2. The zero-order valence-electron chi connectivity index (χ0n) is 8.27. The van der Waals surface area contributed by atoms with E-state index >= 15 is 0 Å². The molecule has 0 bridgehead atoms. The Hall–Kier alpha value is -1.14. The molecule has 14 heavy (non-hydrogen) atoms. The quantitative estimate of drug-likeness (QED) is 0.284. The van der Waals surface area contributed by atoms with E-state index in [1.807, 2.05) is 0 Å². The molecule has 0 aromatic carbocycles. The van der Waals surface area contributed by atoms with Gasteiger partial charge in [-0.15, -0.1) is 0 Å². The zero-order valence-corrected chi connectivity index (χ0v) is 8.27. The van der Waals surface area contributed by atoms with Crippen LogP contribution >= 0.6 is 0 Å². The first-order chi connectivity index (χ1) is 6.54. The average Bonchev–Trinajstić information content (AvgIpc) is 2.09.